The molecule has 1 aromatic heterocycles. The van der Waals surface area contributed by atoms with Gasteiger partial charge in [0.1, 0.15) is 4.90 Å². The van der Waals surface area contributed by atoms with Crippen molar-refractivity contribution in [1.29, 1.82) is 0 Å². The number of carbonyl (C=O) groups excluding carboxylic acids is 1. The molecule has 1 saturated heterocycles. The molecule has 32 heavy (non-hydrogen) atoms. The third-order valence-electron chi connectivity index (χ3n) is 5.29. The fourth-order valence-electron chi connectivity index (χ4n) is 3.69. The lowest BCUT2D eigenvalue weighted by Crippen LogP contribution is -2.36. The van der Waals surface area contributed by atoms with E-state index < -0.39 is 16.0 Å². The Morgan fingerprint density at radius 1 is 1.22 bits per heavy atom. The molecule has 0 amide bonds. The average molecular weight is 481 g/mol. The Hall–Kier alpha value is -2.40. The lowest BCUT2D eigenvalue weighted by atomic mass is 10.2. The van der Waals surface area contributed by atoms with Gasteiger partial charge in [-0.2, -0.15) is 0 Å². The van der Waals surface area contributed by atoms with Gasteiger partial charge in [-0.25, -0.2) is 17.9 Å². The van der Waals surface area contributed by atoms with E-state index in [4.69, 9.17) is 9.47 Å². The summed E-state index contributed by atoms with van der Waals surface area (Å²) < 4.78 is 44.7. The van der Waals surface area contributed by atoms with Crippen molar-refractivity contribution < 1.29 is 27.4 Å². The van der Waals surface area contributed by atoms with Gasteiger partial charge >= 0.3 is 5.97 Å². The molecule has 1 aromatic carbocycles. The van der Waals surface area contributed by atoms with Gasteiger partial charge in [-0.05, 0) is 61.1 Å². The number of ether oxygens (including phenoxy) is 3. The zero-order chi connectivity index (χ0) is 23.1. The van der Waals surface area contributed by atoms with E-state index in [2.05, 4.69) is 14.4 Å². The minimum Gasteiger partial charge on any atom is -0.493 e. The summed E-state index contributed by atoms with van der Waals surface area (Å²) in [5, 5.41) is 2.00. The number of nitrogens with zero attached hydrogens (tertiary/aromatic N) is 1. The van der Waals surface area contributed by atoms with E-state index in [1.54, 1.807) is 17.4 Å². The van der Waals surface area contributed by atoms with Gasteiger partial charge in [-0.1, -0.05) is 6.07 Å². The third kappa shape index (κ3) is 5.69. The number of carbonyl (C=O) groups is 1. The van der Waals surface area contributed by atoms with Crippen molar-refractivity contribution in [1.82, 2.24) is 9.62 Å². The normalized spacial score (nSPS) is 15.7. The lowest BCUT2D eigenvalue weighted by molar-refractivity contribution is -0.134. The highest BCUT2D eigenvalue weighted by molar-refractivity contribution is 7.89. The van der Waals surface area contributed by atoms with Crippen LogP contribution in [0.15, 0.2) is 40.6 Å². The topological polar surface area (TPSA) is 94.2 Å². The predicted octanol–water partition coefficient (Wildman–Crippen LogP) is 3.07. The van der Waals surface area contributed by atoms with Crippen LogP contribution in [0.25, 0.3) is 6.08 Å². The number of esters is 1. The molecular formula is C22H28N2O6S2. The van der Waals surface area contributed by atoms with Gasteiger partial charge in [-0.15, -0.1) is 11.3 Å². The van der Waals surface area contributed by atoms with Crippen molar-refractivity contribution in [2.75, 3.05) is 41.0 Å². The fourth-order valence-corrected chi connectivity index (χ4v) is 5.80. The second kappa shape index (κ2) is 11.0. The summed E-state index contributed by atoms with van der Waals surface area (Å²) in [6.07, 6.45) is 4.89. The molecule has 1 fully saturated rings. The number of rotatable bonds is 10. The first-order chi connectivity index (χ1) is 15.4. The predicted molar refractivity (Wildman–Crippen MR) is 124 cm³/mol. The van der Waals surface area contributed by atoms with Gasteiger partial charge in [0.15, 0.2) is 11.5 Å². The van der Waals surface area contributed by atoms with Gasteiger partial charge in [0, 0.05) is 17.5 Å². The first-order valence-corrected chi connectivity index (χ1v) is 12.5. The molecule has 2 aromatic rings. The molecule has 0 aliphatic carbocycles. The Labute approximate surface area is 192 Å². The minimum absolute atomic E-state index is 0.0393. The molecule has 1 unspecified atom stereocenters. The molecule has 174 valence electrons. The maximum absolute atomic E-state index is 13.3. The Balaban J connectivity index is 1.91. The van der Waals surface area contributed by atoms with Crippen LogP contribution in [-0.2, 0) is 19.6 Å². The number of benzene rings is 1. The summed E-state index contributed by atoms with van der Waals surface area (Å²) in [7, 11) is 0.139. The summed E-state index contributed by atoms with van der Waals surface area (Å²) in [4.78, 5) is 14.8. The fraction of sp³-hybridized carbons (Fsp3) is 0.409. The van der Waals surface area contributed by atoms with E-state index in [1.165, 1.54) is 39.5 Å². The molecule has 1 aliphatic heterocycles. The monoisotopic (exact) mass is 480 g/mol. The highest BCUT2D eigenvalue weighted by Crippen LogP contribution is 2.36. The number of likely N-dealkylation sites (tertiary alicyclic amines) is 1. The summed E-state index contributed by atoms with van der Waals surface area (Å²) in [5.41, 5.74) is 0.461. The highest BCUT2D eigenvalue weighted by Gasteiger charge is 2.28. The Kier molecular flexibility index (Phi) is 8.30. The largest absolute Gasteiger partial charge is 0.493 e. The number of thiophene rings is 1. The second-order valence-corrected chi connectivity index (χ2v) is 9.95. The molecule has 1 N–H and O–H groups in total. The Bertz CT molecular complexity index is 1040. The smallest absolute Gasteiger partial charge is 0.330 e. The highest BCUT2D eigenvalue weighted by atomic mass is 32.2. The van der Waals surface area contributed by atoms with Crippen molar-refractivity contribution in [3.05, 3.63) is 46.2 Å². The van der Waals surface area contributed by atoms with Crippen molar-refractivity contribution in [3.63, 3.8) is 0 Å². The van der Waals surface area contributed by atoms with Crippen LogP contribution in [0.5, 0.6) is 11.5 Å². The van der Waals surface area contributed by atoms with Crippen molar-refractivity contribution in [2.24, 2.45) is 0 Å². The van der Waals surface area contributed by atoms with Crippen molar-refractivity contribution >= 4 is 33.4 Å². The third-order valence-corrected chi connectivity index (χ3v) is 7.69. The standard InChI is InChI=1S/C22H28N2O6S2/c1-28-18-13-16(8-9-21(25)29-2)14-20(22(18)30-3)32(26,27)23-15-17(19-7-6-12-31-19)24-10-4-5-11-24/h6-9,12-14,17,23H,4-5,10-11,15H2,1-3H3/b9-8+. The maximum Gasteiger partial charge on any atom is 0.330 e. The van der Waals surface area contributed by atoms with Crippen LogP contribution in [0.2, 0.25) is 0 Å². The SMILES string of the molecule is COC(=O)/C=C/c1cc(OC)c(OC)c(S(=O)(=O)NCC(c2cccs2)N2CCCC2)c1. The quantitative estimate of drug-likeness (QED) is 0.413. The first-order valence-electron chi connectivity index (χ1n) is 10.2. The van der Waals surface area contributed by atoms with Crippen LogP contribution in [0.3, 0.4) is 0 Å². The van der Waals surface area contributed by atoms with E-state index in [0.29, 0.717) is 5.56 Å². The Morgan fingerprint density at radius 2 is 1.97 bits per heavy atom. The summed E-state index contributed by atoms with van der Waals surface area (Å²) in [6, 6.07) is 7.00. The van der Waals surface area contributed by atoms with Crippen LogP contribution >= 0.6 is 11.3 Å². The van der Waals surface area contributed by atoms with Gasteiger partial charge in [0.05, 0.1) is 27.4 Å². The van der Waals surface area contributed by atoms with Crippen molar-refractivity contribution in [3.8, 4) is 11.5 Å². The molecule has 0 saturated carbocycles. The average Bonchev–Trinajstić information content (AvgIpc) is 3.52. The Morgan fingerprint density at radius 3 is 2.56 bits per heavy atom. The van der Waals surface area contributed by atoms with Gasteiger partial charge < -0.3 is 14.2 Å². The summed E-state index contributed by atoms with van der Waals surface area (Å²) in [5.74, 6) is -0.204. The van der Waals surface area contributed by atoms with Gasteiger partial charge in [0.2, 0.25) is 10.0 Å². The number of nitrogens with one attached hydrogen (secondary N) is 1. The molecule has 1 aliphatic rings. The number of hydrogen-bond donors (Lipinski definition) is 1. The van der Waals surface area contributed by atoms with E-state index in [9.17, 15) is 13.2 Å². The molecule has 0 bridgehead atoms. The first kappa shape index (κ1) is 24.2. The second-order valence-electron chi connectivity index (χ2n) is 7.24. The van der Waals surface area contributed by atoms with Gasteiger partial charge in [-0.3, -0.25) is 4.90 Å². The molecule has 0 radical (unpaired) electrons. The van der Waals surface area contributed by atoms with Crippen LogP contribution < -0.4 is 14.2 Å². The maximum atomic E-state index is 13.3. The molecule has 8 nitrogen and oxygen atoms in total. The van der Waals surface area contributed by atoms with Crippen LogP contribution in [-0.4, -0.2) is 60.3 Å². The number of hydrogen-bond acceptors (Lipinski definition) is 8. The zero-order valence-electron chi connectivity index (χ0n) is 18.4. The molecule has 3 rings (SSSR count). The zero-order valence-corrected chi connectivity index (χ0v) is 20.0. The molecule has 1 atom stereocenters. The van der Waals surface area contributed by atoms with Crippen LogP contribution in [0, 0.1) is 0 Å². The molecular weight excluding hydrogens is 452 g/mol. The summed E-state index contributed by atoms with van der Waals surface area (Å²) >= 11 is 1.62. The minimum atomic E-state index is -3.95. The van der Waals surface area contributed by atoms with Crippen molar-refractivity contribution in [2.45, 2.75) is 23.8 Å². The van der Waals surface area contributed by atoms with E-state index in [0.717, 1.165) is 30.8 Å². The van der Waals surface area contributed by atoms with Crippen LogP contribution in [0.1, 0.15) is 29.3 Å². The molecule has 0 spiro atoms. The number of sulfonamides is 1. The number of methoxy groups -OCH3 is 3. The van der Waals surface area contributed by atoms with E-state index in [1.807, 2.05) is 17.5 Å². The van der Waals surface area contributed by atoms with Crippen LogP contribution in [0.4, 0.5) is 0 Å². The van der Waals surface area contributed by atoms with Gasteiger partial charge in [0.25, 0.3) is 0 Å². The van der Waals surface area contributed by atoms with E-state index in [-0.39, 0.29) is 29.0 Å². The lowest BCUT2D eigenvalue weighted by Gasteiger charge is -2.27. The summed E-state index contributed by atoms with van der Waals surface area (Å²) in [6.45, 7) is 2.11. The van der Waals surface area contributed by atoms with E-state index >= 15 is 0 Å². The molecule has 10 heteroatoms. The molecule has 2 heterocycles.